The van der Waals surface area contributed by atoms with Gasteiger partial charge in [-0.15, -0.1) is 0 Å². The van der Waals surface area contributed by atoms with Crippen molar-refractivity contribution >= 4 is 21.8 Å². The van der Waals surface area contributed by atoms with Gasteiger partial charge in [0.1, 0.15) is 11.6 Å². The molecule has 1 aliphatic heterocycles. The van der Waals surface area contributed by atoms with Crippen molar-refractivity contribution < 1.29 is 27.1 Å². The average molecular weight is 464 g/mol. The van der Waals surface area contributed by atoms with Crippen LogP contribution in [0.2, 0.25) is 0 Å². The van der Waals surface area contributed by atoms with Gasteiger partial charge in [-0.2, -0.15) is 4.31 Å². The Hall–Kier alpha value is -2.98. The van der Waals surface area contributed by atoms with Crippen LogP contribution in [0.4, 0.5) is 4.39 Å². The molecule has 2 aromatic rings. The zero-order valence-corrected chi connectivity index (χ0v) is 18.6. The summed E-state index contributed by atoms with van der Waals surface area (Å²) in [6.45, 7) is 2.96. The molecule has 0 spiro atoms. The second-order valence-corrected chi connectivity index (χ2v) is 9.14. The van der Waals surface area contributed by atoms with Crippen LogP contribution in [0.15, 0.2) is 53.4 Å². The number of carbonyl (C=O) groups excluding carboxylic acids is 2. The molecule has 1 saturated heterocycles. The smallest absolute Gasteiger partial charge is 0.255 e. The van der Waals surface area contributed by atoms with Gasteiger partial charge in [0.2, 0.25) is 15.9 Å². The third kappa shape index (κ3) is 5.63. The topological polar surface area (TPSA) is 96.0 Å². The fourth-order valence-corrected chi connectivity index (χ4v) is 4.91. The predicted molar refractivity (Wildman–Crippen MR) is 116 cm³/mol. The number of benzene rings is 2. The molecule has 0 saturated carbocycles. The lowest BCUT2D eigenvalue weighted by molar-refractivity contribution is -0.129. The fourth-order valence-electron chi connectivity index (χ4n) is 3.44. The molecule has 0 bridgehead atoms. The van der Waals surface area contributed by atoms with Gasteiger partial charge in [-0.1, -0.05) is 12.1 Å². The number of para-hydroxylation sites is 1. The minimum absolute atomic E-state index is 0.0129. The minimum atomic E-state index is -3.78. The highest BCUT2D eigenvalue weighted by atomic mass is 32.2. The summed E-state index contributed by atoms with van der Waals surface area (Å²) < 4.78 is 45.5. The van der Waals surface area contributed by atoms with E-state index in [0.29, 0.717) is 30.9 Å². The lowest BCUT2D eigenvalue weighted by atomic mass is 10.2. The molecule has 0 radical (unpaired) electrons. The van der Waals surface area contributed by atoms with E-state index < -0.39 is 21.7 Å². The van der Waals surface area contributed by atoms with Crippen LogP contribution in [0.25, 0.3) is 0 Å². The zero-order chi connectivity index (χ0) is 23.1. The largest absolute Gasteiger partial charge is 0.493 e. The fraction of sp³-hybridized carbons (Fsp3) is 0.364. The number of hydrogen-bond acceptors (Lipinski definition) is 5. The van der Waals surface area contributed by atoms with Gasteiger partial charge < -0.3 is 15.0 Å². The van der Waals surface area contributed by atoms with Crippen LogP contribution >= 0.6 is 0 Å². The summed E-state index contributed by atoms with van der Waals surface area (Å²) in [7, 11) is -3.78. The highest BCUT2D eigenvalue weighted by molar-refractivity contribution is 7.89. The molecule has 0 unspecified atom stereocenters. The monoisotopic (exact) mass is 463 g/mol. The van der Waals surface area contributed by atoms with Crippen LogP contribution in [0.3, 0.4) is 0 Å². The Kier molecular flexibility index (Phi) is 7.81. The van der Waals surface area contributed by atoms with Gasteiger partial charge in [0, 0.05) is 26.2 Å². The van der Waals surface area contributed by atoms with Crippen molar-refractivity contribution in [3.05, 3.63) is 59.9 Å². The van der Waals surface area contributed by atoms with E-state index >= 15 is 0 Å². The van der Waals surface area contributed by atoms with E-state index in [0.717, 1.165) is 12.1 Å². The summed E-state index contributed by atoms with van der Waals surface area (Å²) in [4.78, 5) is 26.7. The first kappa shape index (κ1) is 23.7. The van der Waals surface area contributed by atoms with Crippen molar-refractivity contribution in [2.75, 3.05) is 39.3 Å². The highest BCUT2D eigenvalue weighted by Crippen LogP contribution is 2.19. The van der Waals surface area contributed by atoms with Crippen LogP contribution in [-0.2, 0) is 14.8 Å². The average Bonchev–Trinajstić information content (AvgIpc) is 3.05. The number of nitrogens with one attached hydrogen (secondary N) is 1. The lowest BCUT2D eigenvalue weighted by Gasteiger charge is -2.22. The Morgan fingerprint density at radius 1 is 1.03 bits per heavy atom. The summed E-state index contributed by atoms with van der Waals surface area (Å²) in [5.74, 6) is -0.787. The number of ether oxygens (including phenoxy) is 1. The molecule has 32 heavy (non-hydrogen) atoms. The zero-order valence-electron chi connectivity index (χ0n) is 17.8. The number of sulfonamides is 1. The molecule has 10 heteroatoms. The van der Waals surface area contributed by atoms with Gasteiger partial charge >= 0.3 is 0 Å². The van der Waals surface area contributed by atoms with Gasteiger partial charge in [0.15, 0.2) is 0 Å². The molecular weight excluding hydrogens is 437 g/mol. The van der Waals surface area contributed by atoms with Gasteiger partial charge in [0.25, 0.3) is 5.91 Å². The van der Waals surface area contributed by atoms with Crippen molar-refractivity contribution in [1.29, 1.82) is 0 Å². The maximum Gasteiger partial charge on any atom is 0.255 e. The number of halogens is 1. The molecule has 3 rings (SSSR count). The Morgan fingerprint density at radius 3 is 2.47 bits per heavy atom. The third-order valence-corrected chi connectivity index (χ3v) is 7.00. The molecule has 8 nitrogen and oxygen atoms in total. The molecule has 0 aliphatic carbocycles. The van der Waals surface area contributed by atoms with Crippen LogP contribution < -0.4 is 10.1 Å². The summed E-state index contributed by atoms with van der Waals surface area (Å²) in [6.07, 6.45) is 0.452. The van der Waals surface area contributed by atoms with Gasteiger partial charge in [-0.05, 0) is 49.7 Å². The molecule has 1 fully saturated rings. The maximum absolute atomic E-state index is 13.1. The first-order valence-corrected chi connectivity index (χ1v) is 11.8. The Morgan fingerprint density at radius 2 is 1.75 bits per heavy atom. The van der Waals surface area contributed by atoms with E-state index in [1.807, 2.05) is 6.92 Å². The Balaban J connectivity index is 1.58. The van der Waals surface area contributed by atoms with Crippen molar-refractivity contribution in [1.82, 2.24) is 14.5 Å². The second-order valence-electron chi connectivity index (χ2n) is 7.20. The quantitative estimate of drug-likeness (QED) is 0.677. The van der Waals surface area contributed by atoms with Gasteiger partial charge in [0.05, 0.1) is 23.6 Å². The van der Waals surface area contributed by atoms with Crippen LogP contribution in [0.5, 0.6) is 5.75 Å². The van der Waals surface area contributed by atoms with Crippen LogP contribution in [-0.4, -0.2) is 68.8 Å². The van der Waals surface area contributed by atoms with Crippen LogP contribution in [0.1, 0.15) is 23.7 Å². The predicted octanol–water partition coefficient (Wildman–Crippen LogP) is 1.88. The second kappa shape index (κ2) is 10.6. The van der Waals surface area contributed by atoms with Crippen molar-refractivity contribution in [3.8, 4) is 5.75 Å². The first-order chi connectivity index (χ1) is 15.3. The SMILES string of the molecule is CCOc1ccccc1C(=O)NCC(=O)N1CCCN(S(=O)(=O)c2ccc(F)cc2)CC1. The summed E-state index contributed by atoms with van der Waals surface area (Å²) in [5.41, 5.74) is 0.342. The first-order valence-electron chi connectivity index (χ1n) is 10.4. The molecule has 172 valence electrons. The number of nitrogens with zero attached hydrogens (tertiary/aromatic N) is 2. The molecule has 1 N–H and O–H groups in total. The normalized spacial score (nSPS) is 15.1. The van der Waals surface area contributed by atoms with Gasteiger partial charge in [-0.3, -0.25) is 9.59 Å². The number of hydrogen-bond donors (Lipinski definition) is 1. The number of carbonyl (C=O) groups is 2. The summed E-state index contributed by atoms with van der Waals surface area (Å²) >= 11 is 0. The highest BCUT2D eigenvalue weighted by Gasteiger charge is 2.28. The molecule has 2 aromatic carbocycles. The van der Waals surface area contributed by atoms with Crippen molar-refractivity contribution in [3.63, 3.8) is 0 Å². The standard InChI is InChI=1S/C22H26FN3O5S/c1-2-31-20-7-4-3-6-19(20)22(28)24-16-21(27)25-12-5-13-26(15-14-25)32(29,30)18-10-8-17(23)9-11-18/h3-4,6-11H,2,5,12-16H2,1H3,(H,24,28). The molecule has 2 amide bonds. The lowest BCUT2D eigenvalue weighted by Crippen LogP contribution is -2.42. The molecular formula is C22H26FN3O5S. The summed E-state index contributed by atoms with van der Waals surface area (Å²) in [5, 5.41) is 2.61. The Labute approximate surface area is 187 Å². The maximum atomic E-state index is 13.1. The van der Waals surface area contributed by atoms with Crippen molar-refractivity contribution in [2.45, 2.75) is 18.2 Å². The molecule has 0 atom stereocenters. The minimum Gasteiger partial charge on any atom is -0.493 e. The van der Waals surface area contributed by atoms with Gasteiger partial charge in [-0.25, -0.2) is 12.8 Å². The van der Waals surface area contributed by atoms with Crippen molar-refractivity contribution in [2.24, 2.45) is 0 Å². The van der Waals surface area contributed by atoms with E-state index in [1.165, 1.54) is 21.3 Å². The molecule has 0 aromatic heterocycles. The van der Waals surface area contributed by atoms with Crippen LogP contribution in [0, 0.1) is 5.82 Å². The number of amides is 2. The molecule has 1 heterocycles. The Bertz CT molecular complexity index is 1060. The number of rotatable bonds is 7. The van der Waals surface area contributed by atoms with E-state index in [9.17, 15) is 22.4 Å². The van der Waals surface area contributed by atoms with E-state index in [4.69, 9.17) is 4.74 Å². The third-order valence-electron chi connectivity index (χ3n) is 5.09. The summed E-state index contributed by atoms with van der Waals surface area (Å²) in [6, 6.07) is 11.4. The van der Waals surface area contributed by atoms with E-state index in [2.05, 4.69) is 5.32 Å². The van der Waals surface area contributed by atoms with E-state index in [-0.39, 0.29) is 37.0 Å². The molecule has 1 aliphatic rings. The van der Waals surface area contributed by atoms with E-state index in [1.54, 1.807) is 24.3 Å².